The number of methoxy groups -OCH3 is 1. The largest absolute Gasteiger partial charge is 0.497 e. The SMILES string of the molecule is COc1ccc2c(c1)CCCC(c1ccc(OC(F)(F)P)cc1)=C2c1ccc(O[C@H]2CCN(CCCF)C2)cc1. The highest BCUT2D eigenvalue weighted by molar-refractivity contribution is 7.17. The van der Waals surface area contributed by atoms with E-state index in [0.29, 0.717) is 6.42 Å². The molecular weight excluding hydrogens is 534 g/mol. The third kappa shape index (κ3) is 7.00. The number of rotatable bonds is 10. The smallest absolute Gasteiger partial charge is 0.408 e. The van der Waals surface area contributed by atoms with Crippen LogP contribution in [0, 0.1) is 0 Å². The molecule has 0 radical (unpaired) electrons. The predicted molar refractivity (Wildman–Crippen MR) is 156 cm³/mol. The first-order valence-electron chi connectivity index (χ1n) is 13.7. The first-order chi connectivity index (χ1) is 19.3. The number of fused-ring (bicyclic) bond motifs is 1. The normalized spacial score (nSPS) is 17.9. The van der Waals surface area contributed by atoms with Crippen molar-refractivity contribution in [2.75, 3.05) is 33.4 Å². The molecule has 40 heavy (non-hydrogen) atoms. The molecule has 8 heteroatoms. The molecule has 0 aromatic heterocycles. The van der Waals surface area contributed by atoms with Gasteiger partial charge >= 0.3 is 5.85 Å². The highest BCUT2D eigenvalue weighted by atomic mass is 31.0. The second kappa shape index (κ2) is 12.7. The Hall–Kier alpha value is -3.02. The molecule has 1 heterocycles. The summed E-state index contributed by atoms with van der Waals surface area (Å²) in [6.07, 6.45) is 4.28. The highest BCUT2D eigenvalue weighted by Crippen LogP contribution is 2.41. The zero-order chi connectivity index (χ0) is 28.1. The molecule has 0 amide bonds. The van der Waals surface area contributed by atoms with Gasteiger partial charge in [0, 0.05) is 19.6 Å². The van der Waals surface area contributed by atoms with Crippen molar-refractivity contribution in [2.45, 2.75) is 44.1 Å². The fourth-order valence-corrected chi connectivity index (χ4v) is 5.80. The van der Waals surface area contributed by atoms with Crippen molar-refractivity contribution in [1.82, 2.24) is 4.90 Å². The van der Waals surface area contributed by atoms with E-state index >= 15 is 0 Å². The lowest BCUT2D eigenvalue weighted by atomic mass is 9.88. The van der Waals surface area contributed by atoms with Gasteiger partial charge in [0.1, 0.15) is 23.4 Å². The Kier molecular flexibility index (Phi) is 9.02. The average Bonchev–Trinajstić information content (AvgIpc) is 3.30. The minimum absolute atomic E-state index is 0.0981. The van der Waals surface area contributed by atoms with E-state index in [9.17, 15) is 13.2 Å². The quantitative estimate of drug-likeness (QED) is 0.235. The fraction of sp³-hybridized carbons (Fsp3) is 0.375. The van der Waals surface area contributed by atoms with E-state index in [1.54, 1.807) is 19.2 Å². The van der Waals surface area contributed by atoms with Crippen molar-refractivity contribution >= 4 is 20.4 Å². The number of nitrogens with zero attached hydrogens (tertiary/aromatic N) is 1. The van der Waals surface area contributed by atoms with Crippen LogP contribution in [-0.4, -0.2) is 50.3 Å². The summed E-state index contributed by atoms with van der Waals surface area (Å²) in [5, 5.41) is 0. The molecule has 0 bridgehead atoms. The third-order valence-corrected chi connectivity index (χ3v) is 7.61. The molecule has 212 valence electrons. The molecular formula is C32H35F3NO3P. The van der Waals surface area contributed by atoms with Crippen LogP contribution in [0.3, 0.4) is 0 Å². The molecule has 0 saturated carbocycles. The topological polar surface area (TPSA) is 30.9 Å². The van der Waals surface area contributed by atoms with E-state index in [1.807, 2.05) is 30.3 Å². The number of hydrogen-bond donors (Lipinski definition) is 0. The lowest BCUT2D eigenvalue weighted by Gasteiger charge is -2.19. The molecule has 1 aliphatic heterocycles. The van der Waals surface area contributed by atoms with Gasteiger partial charge in [0.2, 0.25) is 0 Å². The van der Waals surface area contributed by atoms with E-state index in [0.717, 1.165) is 84.7 Å². The summed E-state index contributed by atoms with van der Waals surface area (Å²) in [7, 11) is 3.08. The summed E-state index contributed by atoms with van der Waals surface area (Å²) < 4.78 is 55.7. The number of aryl methyl sites for hydroxylation is 1. The van der Waals surface area contributed by atoms with Gasteiger partial charge < -0.3 is 14.2 Å². The van der Waals surface area contributed by atoms with Crippen LogP contribution in [0.15, 0.2) is 66.7 Å². The number of allylic oxidation sites excluding steroid dienone is 1. The van der Waals surface area contributed by atoms with Gasteiger partial charge in [0.05, 0.1) is 13.8 Å². The summed E-state index contributed by atoms with van der Waals surface area (Å²) in [5.41, 5.74) is 6.65. The van der Waals surface area contributed by atoms with Crippen molar-refractivity contribution in [2.24, 2.45) is 0 Å². The highest BCUT2D eigenvalue weighted by Gasteiger charge is 2.25. The molecule has 3 aromatic rings. The number of likely N-dealkylation sites (tertiary alicyclic amines) is 1. The van der Waals surface area contributed by atoms with E-state index in [4.69, 9.17) is 14.2 Å². The van der Waals surface area contributed by atoms with Gasteiger partial charge in [-0.2, -0.15) is 8.78 Å². The minimum atomic E-state index is -3.32. The molecule has 1 unspecified atom stereocenters. The molecule has 1 saturated heterocycles. The van der Waals surface area contributed by atoms with Gasteiger partial charge in [0.15, 0.2) is 0 Å². The lowest BCUT2D eigenvalue weighted by molar-refractivity contribution is -0.0892. The fourth-order valence-electron chi connectivity index (χ4n) is 5.66. The lowest BCUT2D eigenvalue weighted by Crippen LogP contribution is -2.26. The number of alkyl halides is 3. The Morgan fingerprint density at radius 1 is 0.925 bits per heavy atom. The van der Waals surface area contributed by atoms with Crippen LogP contribution in [0.4, 0.5) is 13.2 Å². The number of hydrogen-bond acceptors (Lipinski definition) is 4. The molecule has 2 atom stereocenters. The van der Waals surface area contributed by atoms with Crippen molar-refractivity contribution < 1.29 is 27.4 Å². The number of benzene rings is 3. The summed E-state index contributed by atoms with van der Waals surface area (Å²) in [6.45, 7) is 2.22. The maximum Gasteiger partial charge on any atom is 0.408 e. The Labute approximate surface area is 236 Å². The zero-order valence-electron chi connectivity index (χ0n) is 22.7. The molecule has 3 aromatic carbocycles. The summed E-state index contributed by atoms with van der Waals surface area (Å²) in [4.78, 5) is 2.25. The molecule has 1 fully saturated rings. The van der Waals surface area contributed by atoms with Crippen molar-refractivity contribution in [1.29, 1.82) is 0 Å². The predicted octanol–water partition coefficient (Wildman–Crippen LogP) is 7.61. The van der Waals surface area contributed by atoms with Gasteiger partial charge in [-0.15, -0.1) is 0 Å². The van der Waals surface area contributed by atoms with Gasteiger partial charge in [0.25, 0.3) is 0 Å². The maximum atomic E-state index is 13.4. The van der Waals surface area contributed by atoms with Crippen molar-refractivity contribution in [3.05, 3.63) is 89.0 Å². The monoisotopic (exact) mass is 569 g/mol. The van der Waals surface area contributed by atoms with Gasteiger partial charge in [-0.25, -0.2) is 0 Å². The second-order valence-corrected chi connectivity index (χ2v) is 11.0. The number of halogens is 3. The molecule has 4 nitrogen and oxygen atoms in total. The van der Waals surface area contributed by atoms with E-state index in [1.165, 1.54) is 14.8 Å². The first kappa shape index (κ1) is 28.5. The van der Waals surface area contributed by atoms with Crippen LogP contribution < -0.4 is 14.2 Å². The Bertz CT molecular complexity index is 1320. The van der Waals surface area contributed by atoms with Gasteiger partial charge in [-0.3, -0.25) is 9.29 Å². The Morgan fingerprint density at radius 3 is 2.33 bits per heavy atom. The van der Waals surface area contributed by atoms with E-state index < -0.39 is 5.85 Å². The van der Waals surface area contributed by atoms with Gasteiger partial charge in [-0.1, -0.05) is 30.3 Å². The maximum absolute atomic E-state index is 13.4. The second-order valence-electron chi connectivity index (χ2n) is 10.3. The van der Waals surface area contributed by atoms with E-state index in [2.05, 4.69) is 29.2 Å². The number of ether oxygens (including phenoxy) is 3. The molecule has 5 rings (SSSR count). The van der Waals surface area contributed by atoms with Crippen molar-refractivity contribution in [3.8, 4) is 17.2 Å². The molecule has 0 spiro atoms. The van der Waals surface area contributed by atoms with Crippen LogP contribution in [0.25, 0.3) is 11.1 Å². The molecule has 1 aliphatic carbocycles. The molecule has 2 aliphatic rings. The van der Waals surface area contributed by atoms with Crippen LogP contribution >= 0.6 is 9.24 Å². The Morgan fingerprint density at radius 2 is 1.62 bits per heavy atom. The van der Waals surface area contributed by atoms with Crippen LogP contribution in [0.2, 0.25) is 0 Å². The van der Waals surface area contributed by atoms with Crippen LogP contribution in [0.1, 0.15) is 47.9 Å². The van der Waals surface area contributed by atoms with Crippen molar-refractivity contribution in [3.63, 3.8) is 0 Å². The first-order valence-corrected chi connectivity index (χ1v) is 14.3. The average molecular weight is 570 g/mol. The minimum Gasteiger partial charge on any atom is -0.497 e. The molecule has 0 N–H and O–H groups in total. The summed E-state index contributed by atoms with van der Waals surface area (Å²) in [6, 6.07) is 21.3. The van der Waals surface area contributed by atoms with Gasteiger partial charge in [-0.05, 0) is 111 Å². The van der Waals surface area contributed by atoms with Crippen LogP contribution in [-0.2, 0) is 6.42 Å². The summed E-state index contributed by atoms with van der Waals surface area (Å²) >= 11 is 0. The zero-order valence-corrected chi connectivity index (χ0v) is 23.8. The Balaban J connectivity index is 1.47. The summed E-state index contributed by atoms with van der Waals surface area (Å²) in [5.74, 6) is -1.57. The van der Waals surface area contributed by atoms with Crippen LogP contribution in [0.5, 0.6) is 17.2 Å². The standard InChI is InChI=1S/C32H35F3NO3P/c1-37-27-14-15-30-24(20-27)4-2-5-29(22-6-12-26(13-7-22)39-32(34,35)40)31(30)23-8-10-25(11-9-23)38-28-16-19-36(21-28)18-3-17-33/h6-15,20,28H,2-5,16-19,21,40H2,1H3/t28-/m0/s1. The van der Waals surface area contributed by atoms with E-state index in [-0.39, 0.29) is 18.5 Å². The third-order valence-electron chi connectivity index (χ3n) is 7.50.